The molecule has 3 aromatic rings. The van der Waals surface area contributed by atoms with Crippen molar-refractivity contribution in [2.75, 3.05) is 13.2 Å². The smallest absolute Gasteiger partial charge is 0.251 e. The molecule has 0 saturated carbocycles. The Kier molecular flexibility index (Phi) is 6.85. The number of ether oxygens (including phenoxy) is 1. The Labute approximate surface area is 176 Å². The monoisotopic (exact) mass is 406 g/mol. The molecule has 7 nitrogen and oxygen atoms in total. The van der Waals surface area contributed by atoms with Crippen LogP contribution in [0.4, 0.5) is 0 Å². The van der Waals surface area contributed by atoms with E-state index in [1.807, 2.05) is 55.8 Å². The Morgan fingerprint density at radius 3 is 2.37 bits per heavy atom. The molecule has 2 N–H and O–H groups in total. The number of nitrogens with zero attached hydrogens (tertiary/aromatic N) is 2. The first-order valence-corrected chi connectivity index (χ1v) is 9.88. The Morgan fingerprint density at radius 1 is 1.00 bits per heavy atom. The van der Waals surface area contributed by atoms with Crippen molar-refractivity contribution in [3.05, 3.63) is 77.1 Å². The highest BCUT2D eigenvalue weighted by Gasteiger charge is 2.14. The molecule has 3 rings (SSSR count). The van der Waals surface area contributed by atoms with Crippen LogP contribution in [0.5, 0.6) is 5.75 Å². The molecule has 0 aliphatic heterocycles. The van der Waals surface area contributed by atoms with Crippen LogP contribution in [0.3, 0.4) is 0 Å². The van der Waals surface area contributed by atoms with Crippen molar-refractivity contribution in [3.63, 3.8) is 0 Å². The number of amides is 2. The first-order chi connectivity index (χ1) is 14.5. The fraction of sp³-hybridized carbons (Fsp3) is 0.261. The van der Waals surface area contributed by atoms with Gasteiger partial charge in [0.15, 0.2) is 0 Å². The van der Waals surface area contributed by atoms with E-state index in [0.29, 0.717) is 24.5 Å². The van der Waals surface area contributed by atoms with Gasteiger partial charge in [0.25, 0.3) is 5.91 Å². The van der Waals surface area contributed by atoms with Crippen LogP contribution in [-0.2, 0) is 11.3 Å². The van der Waals surface area contributed by atoms with Gasteiger partial charge in [-0.15, -0.1) is 0 Å². The number of aromatic nitrogens is 2. The third kappa shape index (κ3) is 5.05. The van der Waals surface area contributed by atoms with E-state index in [-0.39, 0.29) is 18.4 Å². The Balaban J connectivity index is 1.53. The normalized spacial score (nSPS) is 10.5. The predicted molar refractivity (Wildman–Crippen MR) is 115 cm³/mol. The van der Waals surface area contributed by atoms with Crippen LogP contribution in [0.15, 0.2) is 54.6 Å². The molecule has 30 heavy (non-hydrogen) atoms. The lowest BCUT2D eigenvalue weighted by molar-refractivity contribution is -0.120. The maximum atomic E-state index is 12.2. The lowest BCUT2D eigenvalue weighted by atomic mass is 10.2. The molecule has 0 unspecified atom stereocenters. The zero-order chi connectivity index (χ0) is 21.5. The summed E-state index contributed by atoms with van der Waals surface area (Å²) in [5, 5.41) is 10.1. The van der Waals surface area contributed by atoms with Gasteiger partial charge in [0.1, 0.15) is 5.75 Å². The van der Waals surface area contributed by atoms with E-state index >= 15 is 0 Å². The second-order valence-electron chi connectivity index (χ2n) is 6.81. The summed E-state index contributed by atoms with van der Waals surface area (Å²) in [6.45, 7) is 6.60. The molecule has 0 fully saturated rings. The minimum atomic E-state index is -0.308. The number of aryl methyl sites for hydroxylation is 1. The molecule has 0 aliphatic rings. The third-order valence-corrected chi connectivity index (χ3v) is 4.74. The van der Waals surface area contributed by atoms with Crippen LogP contribution in [-0.4, -0.2) is 34.7 Å². The summed E-state index contributed by atoms with van der Waals surface area (Å²) in [6, 6.07) is 16.6. The van der Waals surface area contributed by atoms with Crippen molar-refractivity contribution in [1.82, 2.24) is 20.4 Å². The highest BCUT2D eigenvalue weighted by atomic mass is 16.5. The average molecular weight is 406 g/mol. The minimum absolute atomic E-state index is 0.100. The van der Waals surface area contributed by atoms with Gasteiger partial charge in [-0.05, 0) is 57.2 Å². The van der Waals surface area contributed by atoms with Gasteiger partial charge in [0.2, 0.25) is 5.91 Å². The fourth-order valence-corrected chi connectivity index (χ4v) is 3.13. The number of nitrogens with one attached hydrogen (secondary N) is 2. The van der Waals surface area contributed by atoms with Crippen LogP contribution in [0.2, 0.25) is 0 Å². The molecule has 0 bridgehead atoms. The zero-order valence-corrected chi connectivity index (χ0v) is 17.4. The largest absolute Gasteiger partial charge is 0.494 e. The van der Waals surface area contributed by atoms with Crippen LogP contribution in [0.1, 0.15) is 34.2 Å². The summed E-state index contributed by atoms with van der Waals surface area (Å²) in [5.74, 6) is 0.131. The summed E-state index contributed by atoms with van der Waals surface area (Å²) < 4.78 is 7.22. The van der Waals surface area contributed by atoms with Gasteiger partial charge in [-0.25, -0.2) is 4.68 Å². The Bertz CT molecular complexity index is 1010. The zero-order valence-electron chi connectivity index (χ0n) is 17.4. The first-order valence-electron chi connectivity index (χ1n) is 9.88. The first kappa shape index (κ1) is 21.1. The van der Waals surface area contributed by atoms with Crippen molar-refractivity contribution < 1.29 is 14.3 Å². The highest BCUT2D eigenvalue weighted by Crippen LogP contribution is 2.17. The van der Waals surface area contributed by atoms with Gasteiger partial charge in [0.05, 0.1) is 24.5 Å². The number of rotatable bonds is 8. The Hall–Kier alpha value is -3.61. The number of para-hydroxylation sites is 1. The SMILES string of the molecule is CCOc1ccc(C(=O)NCC(=O)NCc2c(C)nn(-c3ccccc3)c2C)cc1. The average Bonchev–Trinajstić information content (AvgIpc) is 3.05. The maximum Gasteiger partial charge on any atom is 0.251 e. The predicted octanol–water partition coefficient (Wildman–Crippen LogP) is 2.93. The van der Waals surface area contributed by atoms with Gasteiger partial charge < -0.3 is 15.4 Å². The molecule has 156 valence electrons. The molecule has 2 amide bonds. The number of carbonyl (C=O) groups is 2. The van der Waals surface area contributed by atoms with E-state index in [1.165, 1.54) is 0 Å². The van der Waals surface area contributed by atoms with Crippen molar-refractivity contribution in [2.45, 2.75) is 27.3 Å². The van der Waals surface area contributed by atoms with E-state index in [2.05, 4.69) is 15.7 Å². The topological polar surface area (TPSA) is 85.2 Å². The number of hydrogen-bond acceptors (Lipinski definition) is 4. The fourth-order valence-electron chi connectivity index (χ4n) is 3.13. The van der Waals surface area contributed by atoms with Gasteiger partial charge in [-0.1, -0.05) is 18.2 Å². The molecule has 1 heterocycles. The Morgan fingerprint density at radius 2 is 1.70 bits per heavy atom. The highest BCUT2D eigenvalue weighted by molar-refractivity contribution is 5.96. The molecule has 2 aromatic carbocycles. The quantitative estimate of drug-likeness (QED) is 0.602. The van der Waals surface area contributed by atoms with E-state index in [4.69, 9.17) is 4.74 Å². The van der Waals surface area contributed by atoms with Gasteiger partial charge in [-0.2, -0.15) is 5.10 Å². The summed E-state index contributed by atoms with van der Waals surface area (Å²) in [4.78, 5) is 24.4. The van der Waals surface area contributed by atoms with Crippen LogP contribution in [0, 0.1) is 13.8 Å². The maximum absolute atomic E-state index is 12.2. The van der Waals surface area contributed by atoms with E-state index in [9.17, 15) is 9.59 Å². The lowest BCUT2D eigenvalue weighted by Gasteiger charge is -2.09. The van der Waals surface area contributed by atoms with Crippen molar-refractivity contribution in [3.8, 4) is 11.4 Å². The second-order valence-corrected chi connectivity index (χ2v) is 6.81. The van der Waals surface area contributed by atoms with Gasteiger partial charge >= 0.3 is 0 Å². The second kappa shape index (κ2) is 9.73. The summed E-state index contributed by atoms with van der Waals surface area (Å²) in [7, 11) is 0. The number of hydrogen-bond donors (Lipinski definition) is 2. The summed E-state index contributed by atoms with van der Waals surface area (Å²) in [5.41, 5.74) is 4.23. The molecule has 0 spiro atoms. The molecular weight excluding hydrogens is 380 g/mol. The lowest BCUT2D eigenvalue weighted by Crippen LogP contribution is -2.36. The van der Waals surface area contributed by atoms with E-state index in [0.717, 1.165) is 22.6 Å². The van der Waals surface area contributed by atoms with E-state index < -0.39 is 0 Å². The van der Waals surface area contributed by atoms with Gasteiger partial charge in [0, 0.05) is 23.4 Å². The molecule has 0 atom stereocenters. The van der Waals surface area contributed by atoms with Crippen molar-refractivity contribution >= 4 is 11.8 Å². The third-order valence-electron chi connectivity index (χ3n) is 4.74. The number of carbonyl (C=O) groups excluding carboxylic acids is 2. The van der Waals surface area contributed by atoms with Crippen molar-refractivity contribution in [1.29, 1.82) is 0 Å². The van der Waals surface area contributed by atoms with Gasteiger partial charge in [-0.3, -0.25) is 9.59 Å². The molecule has 1 aromatic heterocycles. The number of benzene rings is 2. The standard InChI is InChI=1S/C23H26N4O3/c1-4-30-20-12-10-18(11-13-20)23(29)25-15-22(28)24-14-21-16(2)26-27(17(21)3)19-8-6-5-7-9-19/h5-13H,4,14-15H2,1-3H3,(H,24,28)(H,25,29). The summed E-state index contributed by atoms with van der Waals surface area (Å²) in [6.07, 6.45) is 0. The van der Waals surface area contributed by atoms with Crippen molar-refractivity contribution in [2.24, 2.45) is 0 Å². The molecule has 0 radical (unpaired) electrons. The molecular formula is C23H26N4O3. The molecule has 0 aliphatic carbocycles. The summed E-state index contributed by atoms with van der Waals surface area (Å²) >= 11 is 0. The van der Waals surface area contributed by atoms with E-state index in [1.54, 1.807) is 24.3 Å². The van der Waals surface area contributed by atoms with Crippen LogP contribution >= 0.6 is 0 Å². The molecule has 7 heteroatoms. The minimum Gasteiger partial charge on any atom is -0.494 e. The van der Waals surface area contributed by atoms with Crippen LogP contribution in [0.25, 0.3) is 5.69 Å². The molecule has 0 saturated heterocycles. The van der Waals surface area contributed by atoms with Crippen LogP contribution < -0.4 is 15.4 Å².